The van der Waals surface area contributed by atoms with Crippen LogP contribution in [-0.2, 0) is 0 Å². The standard InChI is InChI=1S/C21H18FN7/c22-17-11-24-8-5-16(17)20-26-18-1-2-19(28-12-13-9-15(28)10-25-13)27-21(18)29(20)14-3-6-23-7-4-14/h1-8,11,13,15,25H,9-10,12H2. The van der Waals surface area contributed by atoms with E-state index in [0.717, 1.165) is 36.5 Å². The lowest BCUT2D eigenvalue weighted by Crippen LogP contribution is -2.44. The largest absolute Gasteiger partial charge is 0.351 e. The molecule has 0 aromatic carbocycles. The molecule has 144 valence electrons. The summed E-state index contributed by atoms with van der Waals surface area (Å²) in [6.45, 7) is 1.94. The van der Waals surface area contributed by atoms with Gasteiger partial charge in [-0.3, -0.25) is 14.5 Å². The van der Waals surface area contributed by atoms with Crippen molar-refractivity contribution in [2.75, 3.05) is 18.0 Å². The minimum atomic E-state index is -0.415. The number of fused-ring (bicyclic) bond motifs is 3. The quantitative estimate of drug-likeness (QED) is 0.583. The lowest BCUT2D eigenvalue weighted by molar-refractivity contribution is 0.577. The highest BCUT2D eigenvalue weighted by Crippen LogP contribution is 2.32. The number of piperazine rings is 1. The van der Waals surface area contributed by atoms with E-state index in [0.29, 0.717) is 29.1 Å². The number of halogens is 1. The first-order valence-electron chi connectivity index (χ1n) is 9.68. The average Bonchev–Trinajstić information content (AvgIpc) is 3.48. The van der Waals surface area contributed by atoms with Crippen LogP contribution in [0.1, 0.15) is 6.42 Å². The maximum atomic E-state index is 14.6. The Hall–Kier alpha value is -3.39. The van der Waals surface area contributed by atoms with Gasteiger partial charge < -0.3 is 10.2 Å². The van der Waals surface area contributed by atoms with E-state index in [9.17, 15) is 4.39 Å². The van der Waals surface area contributed by atoms with E-state index in [2.05, 4.69) is 20.2 Å². The summed E-state index contributed by atoms with van der Waals surface area (Å²) in [4.78, 5) is 20.0. The third kappa shape index (κ3) is 2.60. The van der Waals surface area contributed by atoms with Gasteiger partial charge >= 0.3 is 0 Å². The van der Waals surface area contributed by atoms with E-state index < -0.39 is 5.82 Å². The molecule has 4 aromatic heterocycles. The summed E-state index contributed by atoms with van der Waals surface area (Å²) in [6.07, 6.45) is 7.35. The molecule has 2 atom stereocenters. The van der Waals surface area contributed by atoms with Crippen LogP contribution in [0, 0.1) is 5.82 Å². The molecule has 2 saturated heterocycles. The number of pyridine rings is 3. The predicted octanol–water partition coefficient (Wildman–Crippen LogP) is 2.57. The molecule has 1 N–H and O–H groups in total. The topological polar surface area (TPSA) is 71.8 Å². The maximum absolute atomic E-state index is 14.6. The van der Waals surface area contributed by atoms with Crippen LogP contribution in [0.2, 0.25) is 0 Å². The van der Waals surface area contributed by atoms with Gasteiger partial charge in [-0.05, 0) is 36.8 Å². The fraction of sp³-hybridized carbons (Fsp3) is 0.238. The van der Waals surface area contributed by atoms with E-state index in [1.165, 1.54) is 6.20 Å². The number of anilines is 1. The number of hydrogen-bond donors (Lipinski definition) is 1. The lowest BCUT2D eigenvalue weighted by atomic mass is 10.2. The molecule has 2 aliphatic heterocycles. The van der Waals surface area contributed by atoms with Crippen LogP contribution in [-0.4, -0.2) is 49.7 Å². The third-order valence-corrected chi connectivity index (χ3v) is 5.77. The highest BCUT2D eigenvalue weighted by molar-refractivity contribution is 5.81. The zero-order chi connectivity index (χ0) is 19.4. The summed E-state index contributed by atoms with van der Waals surface area (Å²) in [5.41, 5.74) is 2.65. The number of nitrogens with one attached hydrogen (secondary N) is 1. The third-order valence-electron chi connectivity index (χ3n) is 5.77. The Balaban J connectivity index is 1.58. The molecule has 6 heterocycles. The number of aromatic nitrogens is 5. The van der Waals surface area contributed by atoms with Crippen molar-refractivity contribution in [2.24, 2.45) is 0 Å². The normalized spacial score (nSPS) is 20.7. The van der Waals surface area contributed by atoms with Gasteiger partial charge in [0.1, 0.15) is 17.2 Å². The summed E-state index contributed by atoms with van der Waals surface area (Å²) in [5, 5.41) is 3.52. The fourth-order valence-corrected chi connectivity index (χ4v) is 4.42. The molecule has 2 unspecified atom stereocenters. The van der Waals surface area contributed by atoms with Crippen LogP contribution in [0.5, 0.6) is 0 Å². The first kappa shape index (κ1) is 16.6. The Morgan fingerprint density at radius 1 is 1.00 bits per heavy atom. The Morgan fingerprint density at radius 3 is 2.62 bits per heavy atom. The van der Waals surface area contributed by atoms with Crippen molar-refractivity contribution in [2.45, 2.75) is 18.5 Å². The second-order valence-corrected chi connectivity index (χ2v) is 7.49. The minimum Gasteiger partial charge on any atom is -0.351 e. The zero-order valence-electron chi connectivity index (χ0n) is 15.5. The van der Waals surface area contributed by atoms with Crippen molar-refractivity contribution in [3.63, 3.8) is 0 Å². The average molecular weight is 387 g/mol. The van der Waals surface area contributed by atoms with Crippen molar-refractivity contribution in [3.8, 4) is 17.1 Å². The van der Waals surface area contributed by atoms with Crippen LogP contribution in [0.15, 0.2) is 55.1 Å². The number of nitrogens with zero attached hydrogens (tertiary/aromatic N) is 6. The SMILES string of the molecule is Fc1cnccc1-c1nc2ccc(N3CC4CC3CN4)nc2n1-c1ccncc1. The highest BCUT2D eigenvalue weighted by Gasteiger charge is 2.38. The second kappa shape index (κ2) is 6.31. The smallest absolute Gasteiger partial charge is 0.167 e. The van der Waals surface area contributed by atoms with Crippen LogP contribution in [0.4, 0.5) is 10.2 Å². The molecule has 0 amide bonds. The van der Waals surface area contributed by atoms with Crippen molar-refractivity contribution in [1.29, 1.82) is 0 Å². The zero-order valence-corrected chi connectivity index (χ0v) is 15.5. The maximum Gasteiger partial charge on any atom is 0.167 e. The van der Waals surface area contributed by atoms with Crippen molar-refractivity contribution >= 4 is 17.0 Å². The molecule has 6 rings (SSSR count). The van der Waals surface area contributed by atoms with Crippen molar-refractivity contribution in [3.05, 3.63) is 60.9 Å². The predicted molar refractivity (Wildman–Crippen MR) is 107 cm³/mol. The van der Waals surface area contributed by atoms with Crippen LogP contribution < -0.4 is 10.2 Å². The molecule has 0 aliphatic carbocycles. The van der Waals surface area contributed by atoms with Gasteiger partial charge in [-0.25, -0.2) is 14.4 Å². The van der Waals surface area contributed by atoms with Crippen LogP contribution in [0.25, 0.3) is 28.2 Å². The van der Waals surface area contributed by atoms with Gasteiger partial charge in [-0.15, -0.1) is 0 Å². The molecule has 2 aliphatic rings. The number of hydrogen-bond acceptors (Lipinski definition) is 6. The monoisotopic (exact) mass is 387 g/mol. The number of imidazole rings is 1. The Kier molecular flexibility index (Phi) is 3.60. The van der Waals surface area contributed by atoms with Gasteiger partial charge in [0.15, 0.2) is 11.5 Å². The molecular weight excluding hydrogens is 369 g/mol. The van der Waals surface area contributed by atoms with E-state index in [1.54, 1.807) is 24.7 Å². The Morgan fingerprint density at radius 2 is 1.86 bits per heavy atom. The van der Waals surface area contributed by atoms with Crippen molar-refractivity contribution in [1.82, 2.24) is 29.8 Å². The molecular formula is C21H18FN7. The van der Waals surface area contributed by atoms with Gasteiger partial charge in [-0.2, -0.15) is 0 Å². The molecule has 2 fully saturated rings. The fourth-order valence-electron chi connectivity index (χ4n) is 4.42. The van der Waals surface area contributed by atoms with Gasteiger partial charge in [0, 0.05) is 43.8 Å². The first-order valence-corrected chi connectivity index (χ1v) is 9.68. The van der Waals surface area contributed by atoms with Crippen LogP contribution >= 0.6 is 0 Å². The van der Waals surface area contributed by atoms with E-state index in [1.807, 2.05) is 28.8 Å². The van der Waals surface area contributed by atoms with Crippen LogP contribution in [0.3, 0.4) is 0 Å². The van der Waals surface area contributed by atoms with Gasteiger partial charge in [0.05, 0.1) is 17.4 Å². The molecule has 0 radical (unpaired) electrons. The van der Waals surface area contributed by atoms with E-state index >= 15 is 0 Å². The first-order chi connectivity index (χ1) is 14.3. The van der Waals surface area contributed by atoms with E-state index in [4.69, 9.17) is 9.97 Å². The molecule has 7 nitrogen and oxygen atoms in total. The minimum absolute atomic E-state index is 0.390. The molecule has 0 saturated carbocycles. The lowest BCUT2D eigenvalue weighted by Gasteiger charge is -2.28. The molecule has 8 heteroatoms. The second-order valence-electron chi connectivity index (χ2n) is 7.49. The molecule has 0 spiro atoms. The van der Waals surface area contributed by atoms with Gasteiger partial charge in [0.2, 0.25) is 0 Å². The summed E-state index contributed by atoms with van der Waals surface area (Å²) in [7, 11) is 0. The summed E-state index contributed by atoms with van der Waals surface area (Å²) >= 11 is 0. The summed E-state index contributed by atoms with van der Waals surface area (Å²) in [5.74, 6) is 1.02. The van der Waals surface area contributed by atoms with E-state index in [-0.39, 0.29) is 0 Å². The molecule has 2 bridgehead atoms. The highest BCUT2D eigenvalue weighted by atomic mass is 19.1. The molecule has 29 heavy (non-hydrogen) atoms. The van der Waals surface area contributed by atoms with Gasteiger partial charge in [-0.1, -0.05) is 0 Å². The summed E-state index contributed by atoms with van der Waals surface area (Å²) in [6, 6.07) is 10.4. The number of rotatable bonds is 3. The Bertz CT molecular complexity index is 1210. The molecule has 4 aromatic rings. The van der Waals surface area contributed by atoms with Gasteiger partial charge in [0.25, 0.3) is 0 Å². The summed E-state index contributed by atoms with van der Waals surface area (Å²) < 4.78 is 16.5. The van der Waals surface area contributed by atoms with Crippen molar-refractivity contribution < 1.29 is 4.39 Å². The Labute approximate surface area is 166 Å².